The van der Waals surface area contributed by atoms with Crippen molar-refractivity contribution in [3.05, 3.63) is 12.2 Å². The molecule has 74 valence electrons. The van der Waals surface area contributed by atoms with Gasteiger partial charge in [0.25, 0.3) is 0 Å². The summed E-state index contributed by atoms with van der Waals surface area (Å²) in [4.78, 5) is 13.7. The van der Waals surface area contributed by atoms with Crippen molar-refractivity contribution >= 4 is 5.91 Å². The lowest BCUT2D eigenvalue weighted by Crippen LogP contribution is -2.42. The van der Waals surface area contributed by atoms with Gasteiger partial charge >= 0.3 is 0 Å². The van der Waals surface area contributed by atoms with Crippen LogP contribution >= 0.6 is 0 Å². The molecule has 0 radical (unpaired) electrons. The van der Waals surface area contributed by atoms with Gasteiger partial charge in [0.2, 0.25) is 5.91 Å². The number of rotatable bonds is 3. The summed E-state index contributed by atoms with van der Waals surface area (Å²) >= 11 is 0. The number of carbonyl (C=O) groups is 1. The Morgan fingerprint density at radius 1 is 1.46 bits per heavy atom. The van der Waals surface area contributed by atoms with Crippen LogP contribution in [-0.2, 0) is 4.79 Å². The Morgan fingerprint density at radius 2 is 2.00 bits per heavy atom. The highest BCUT2D eigenvalue weighted by molar-refractivity contribution is 5.93. The molecule has 3 heteroatoms. The summed E-state index contributed by atoms with van der Waals surface area (Å²) in [6, 6.07) is 0. The average molecular weight is 182 g/mol. The van der Waals surface area contributed by atoms with E-state index >= 15 is 0 Å². The molecule has 1 amide bonds. The first-order chi connectivity index (χ1) is 5.88. The summed E-state index contributed by atoms with van der Waals surface area (Å²) in [5.74, 6) is -0.0283. The number of carbonyl (C=O) groups excluding carboxylic acids is 1. The quantitative estimate of drug-likeness (QED) is 0.516. The Labute approximate surface area is 79.8 Å². The lowest BCUT2D eigenvalue weighted by atomic mass is 10.1. The van der Waals surface area contributed by atoms with Gasteiger partial charge in [-0.05, 0) is 20.8 Å². The fraction of sp³-hybridized carbons (Fsp3) is 0.700. The topological polar surface area (TPSA) is 32.1 Å². The van der Waals surface area contributed by atoms with E-state index in [0.717, 1.165) is 13.1 Å². The van der Waals surface area contributed by atoms with E-state index in [4.69, 9.17) is 0 Å². The van der Waals surface area contributed by atoms with Gasteiger partial charge in [-0.1, -0.05) is 6.58 Å². The standard InChI is InChI=1S/C10H18N2O/c1-8(7-12-5-6-12)9(13)11-10(2,3)4/h1,5-7H2,2-4H3,(H,11,13). The first-order valence-electron chi connectivity index (χ1n) is 4.61. The first-order valence-corrected chi connectivity index (χ1v) is 4.61. The molecule has 1 aliphatic heterocycles. The molecule has 1 heterocycles. The monoisotopic (exact) mass is 182 g/mol. The molecular weight excluding hydrogens is 164 g/mol. The third-order valence-electron chi connectivity index (χ3n) is 1.76. The maximum absolute atomic E-state index is 11.5. The Balaban J connectivity index is 2.33. The molecule has 0 atom stereocenters. The second kappa shape index (κ2) is 3.50. The molecule has 3 nitrogen and oxygen atoms in total. The third kappa shape index (κ3) is 4.08. The Bertz CT molecular complexity index is 224. The maximum Gasteiger partial charge on any atom is 0.248 e. The van der Waals surface area contributed by atoms with Crippen molar-refractivity contribution in [1.82, 2.24) is 10.2 Å². The van der Waals surface area contributed by atoms with Crippen molar-refractivity contribution < 1.29 is 4.79 Å². The zero-order chi connectivity index (χ0) is 10.1. The van der Waals surface area contributed by atoms with Crippen LogP contribution in [0.15, 0.2) is 12.2 Å². The van der Waals surface area contributed by atoms with Crippen LogP contribution < -0.4 is 5.32 Å². The molecule has 13 heavy (non-hydrogen) atoms. The van der Waals surface area contributed by atoms with E-state index in [0.29, 0.717) is 12.1 Å². The van der Waals surface area contributed by atoms with Crippen molar-refractivity contribution in [3.8, 4) is 0 Å². The van der Waals surface area contributed by atoms with E-state index < -0.39 is 0 Å². The van der Waals surface area contributed by atoms with Crippen molar-refractivity contribution in [1.29, 1.82) is 0 Å². The van der Waals surface area contributed by atoms with E-state index in [1.807, 2.05) is 20.8 Å². The molecule has 1 fully saturated rings. The lowest BCUT2D eigenvalue weighted by Gasteiger charge is -2.21. The number of hydrogen-bond donors (Lipinski definition) is 1. The van der Waals surface area contributed by atoms with Gasteiger partial charge in [-0.15, -0.1) is 0 Å². The van der Waals surface area contributed by atoms with Crippen LogP contribution in [-0.4, -0.2) is 36.0 Å². The lowest BCUT2D eigenvalue weighted by molar-refractivity contribution is -0.118. The van der Waals surface area contributed by atoms with Crippen LogP contribution in [0.3, 0.4) is 0 Å². The molecule has 0 bridgehead atoms. The zero-order valence-corrected chi connectivity index (χ0v) is 8.68. The summed E-state index contributed by atoms with van der Waals surface area (Å²) < 4.78 is 0. The molecule has 1 aliphatic rings. The number of nitrogens with zero attached hydrogens (tertiary/aromatic N) is 1. The van der Waals surface area contributed by atoms with Gasteiger partial charge in [-0.2, -0.15) is 0 Å². The predicted octanol–water partition coefficient (Wildman–Crippen LogP) is 0.773. The minimum absolute atomic E-state index is 0.0283. The van der Waals surface area contributed by atoms with Crippen LogP contribution in [0.5, 0.6) is 0 Å². The van der Waals surface area contributed by atoms with E-state index in [1.54, 1.807) is 0 Å². The molecule has 0 aliphatic carbocycles. The second-order valence-electron chi connectivity index (χ2n) is 4.58. The number of hydrogen-bond acceptors (Lipinski definition) is 2. The fourth-order valence-electron chi connectivity index (χ4n) is 1.000. The van der Waals surface area contributed by atoms with Gasteiger partial charge in [-0.25, -0.2) is 0 Å². The van der Waals surface area contributed by atoms with Gasteiger partial charge in [0, 0.05) is 30.7 Å². The minimum Gasteiger partial charge on any atom is -0.348 e. The first kappa shape index (κ1) is 10.3. The molecule has 1 saturated heterocycles. The molecule has 0 aromatic carbocycles. The fourth-order valence-corrected chi connectivity index (χ4v) is 1.000. The van der Waals surface area contributed by atoms with Crippen LogP contribution in [0.4, 0.5) is 0 Å². The summed E-state index contributed by atoms with van der Waals surface area (Å²) in [5, 5.41) is 2.89. The normalized spacial score (nSPS) is 16.8. The maximum atomic E-state index is 11.5. The number of nitrogens with one attached hydrogen (secondary N) is 1. The third-order valence-corrected chi connectivity index (χ3v) is 1.76. The van der Waals surface area contributed by atoms with Gasteiger partial charge < -0.3 is 5.32 Å². The van der Waals surface area contributed by atoms with E-state index in [9.17, 15) is 4.79 Å². The molecule has 0 aromatic rings. The minimum atomic E-state index is -0.168. The van der Waals surface area contributed by atoms with Crippen LogP contribution in [0.1, 0.15) is 20.8 Å². The van der Waals surface area contributed by atoms with Crippen molar-refractivity contribution in [3.63, 3.8) is 0 Å². The van der Waals surface area contributed by atoms with E-state index in [1.165, 1.54) is 0 Å². The highest BCUT2D eigenvalue weighted by atomic mass is 16.1. The van der Waals surface area contributed by atoms with E-state index in [2.05, 4.69) is 16.8 Å². The SMILES string of the molecule is C=C(CN1CC1)C(=O)NC(C)(C)C. The molecule has 1 N–H and O–H groups in total. The Morgan fingerprint density at radius 3 is 2.38 bits per heavy atom. The van der Waals surface area contributed by atoms with Gasteiger partial charge in [0.05, 0.1) is 0 Å². The summed E-state index contributed by atoms with van der Waals surface area (Å²) in [5.41, 5.74) is 0.492. The van der Waals surface area contributed by atoms with Crippen LogP contribution in [0.2, 0.25) is 0 Å². The van der Waals surface area contributed by atoms with Crippen LogP contribution in [0.25, 0.3) is 0 Å². The highest BCUT2D eigenvalue weighted by Gasteiger charge is 2.22. The van der Waals surface area contributed by atoms with Crippen LogP contribution in [0, 0.1) is 0 Å². The van der Waals surface area contributed by atoms with Crippen molar-refractivity contribution in [2.45, 2.75) is 26.3 Å². The number of amides is 1. The zero-order valence-electron chi connectivity index (χ0n) is 8.68. The molecule has 0 aromatic heterocycles. The van der Waals surface area contributed by atoms with Crippen molar-refractivity contribution in [2.24, 2.45) is 0 Å². The molecule has 1 rings (SSSR count). The average Bonchev–Trinajstić information content (AvgIpc) is 2.67. The van der Waals surface area contributed by atoms with Gasteiger partial charge in [-0.3, -0.25) is 9.69 Å². The molecule has 0 spiro atoms. The molecule has 0 unspecified atom stereocenters. The smallest absolute Gasteiger partial charge is 0.248 e. The molecule has 0 saturated carbocycles. The largest absolute Gasteiger partial charge is 0.348 e. The van der Waals surface area contributed by atoms with Gasteiger partial charge in [0.15, 0.2) is 0 Å². The Hall–Kier alpha value is -0.830. The van der Waals surface area contributed by atoms with E-state index in [-0.39, 0.29) is 11.4 Å². The highest BCUT2D eigenvalue weighted by Crippen LogP contribution is 2.08. The Kier molecular flexibility index (Phi) is 2.76. The summed E-state index contributed by atoms with van der Waals surface area (Å²) in [7, 11) is 0. The predicted molar refractivity (Wildman–Crippen MR) is 53.5 cm³/mol. The summed E-state index contributed by atoms with van der Waals surface area (Å²) in [6.45, 7) is 12.6. The second-order valence-corrected chi connectivity index (χ2v) is 4.58. The van der Waals surface area contributed by atoms with Gasteiger partial charge in [0.1, 0.15) is 0 Å². The summed E-state index contributed by atoms with van der Waals surface area (Å²) in [6.07, 6.45) is 0. The van der Waals surface area contributed by atoms with Crippen molar-refractivity contribution in [2.75, 3.05) is 19.6 Å². The molecular formula is C10H18N2O.